The molecule has 0 spiro atoms. The summed E-state index contributed by atoms with van der Waals surface area (Å²) in [4.78, 5) is 17.1. The van der Waals surface area contributed by atoms with Crippen molar-refractivity contribution in [3.05, 3.63) is 18.3 Å². The molecule has 0 saturated carbocycles. The molecule has 2 aromatic rings. The van der Waals surface area contributed by atoms with Gasteiger partial charge in [-0.3, -0.25) is 0 Å². The van der Waals surface area contributed by atoms with Crippen molar-refractivity contribution in [2.75, 3.05) is 12.4 Å². The third-order valence-electron chi connectivity index (χ3n) is 2.30. The van der Waals surface area contributed by atoms with Gasteiger partial charge in [-0.05, 0) is 0 Å². The van der Waals surface area contributed by atoms with Gasteiger partial charge in [0.15, 0.2) is 5.65 Å². The zero-order valence-corrected chi connectivity index (χ0v) is 9.94. The fourth-order valence-corrected chi connectivity index (χ4v) is 1.41. The standard InChI is InChI=1S/C11H15N5/c1-11(2,3)10-13-5-7-8(12-4)14-6-15-9(7)16-10/h5-6H,1-4H3,(H,12,13,14,15,16). The number of nitrogens with one attached hydrogen (secondary N) is 1. The van der Waals surface area contributed by atoms with Crippen LogP contribution >= 0.6 is 0 Å². The Morgan fingerprint density at radius 3 is 2.50 bits per heavy atom. The number of hydrogen-bond acceptors (Lipinski definition) is 5. The van der Waals surface area contributed by atoms with Gasteiger partial charge in [-0.15, -0.1) is 0 Å². The van der Waals surface area contributed by atoms with Gasteiger partial charge in [-0.1, -0.05) is 20.8 Å². The number of aromatic nitrogens is 4. The molecule has 2 heterocycles. The molecule has 5 nitrogen and oxygen atoms in total. The zero-order valence-electron chi connectivity index (χ0n) is 9.94. The van der Waals surface area contributed by atoms with Crippen molar-refractivity contribution in [2.45, 2.75) is 26.2 Å². The van der Waals surface area contributed by atoms with Crippen LogP contribution in [0.4, 0.5) is 5.82 Å². The lowest BCUT2D eigenvalue weighted by molar-refractivity contribution is 0.547. The van der Waals surface area contributed by atoms with E-state index in [0.29, 0.717) is 5.65 Å². The maximum Gasteiger partial charge on any atom is 0.168 e. The van der Waals surface area contributed by atoms with Crippen LogP contribution in [-0.2, 0) is 5.41 Å². The van der Waals surface area contributed by atoms with Crippen molar-refractivity contribution in [1.82, 2.24) is 19.9 Å². The molecule has 0 atom stereocenters. The van der Waals surface area contributed by atoms with Crippen LogP contribution < -0.4 is 5.32 Å². The van der Waals surface area contributed by atoms with Gasteiger partial charge < -0.3 is 5.32 Å². The van der Waals surface area contributed by atoms with Gasteiger partial charge in [0, 0.05) is 18.7 Å². The molecule has 0 aromatic carbocycles. The molecular formula is C11H15N5. The minimum absolute atomic E-state index is 0.0705. The Morgan fingerprint density at radius 2 is 1.88 bits per heavy atom. The Bertz CT molecular complexity index is 515. The summed E-state index contributed by atoms with van der Waals surface area (Å²) in [6, 6.07) is 0. The van der Waals surface area contributed by atoms with Crippen LogP contribution in [0.2, 0.25) is 0 Å². The molecule has 0 amide bonds. The molecule has 5 heteroatoms. The molecule has 0 unspecified atom stereocenters. The SMILES string of the molecule is CNc1ncnc2nc(C(C)(C)C)ncc12. The number of rotatable bonds is 1. The third-order valence-corrected chi connectivity index (χ3v) is 2.30. The van der Waals surface area contributed by atoms with E-state index < -0.39 is 0 Å². The molecular weight excluding hydrogens is 202 g/mol. The van der Waals surface area contributed by atoms with E-state index in [1.807, 2.05) is 7.05 Å². The molecule has 0 saturated heterocycles. The lowest BCUT2D eigenvalue weighted by Crippen LogP contribution is -2.16. The average Bonchev–Trinajstić information content (AvgIpc) is 2.26. The Hall–Kier alpha value is -1.78. The molecule has 2 aromatic heterocycles. The van der Waals surface area contributed by atoms with Gasteiger partial charge in [0.05, 0.1) is 5.39 Å². The van der Waals surface area contributed by atoms with Gasteiger partial charge in [0.2, 0.25) is 0 Å². The van der Waals surface area contributed by atoms with Crippen LogP contribution in [0.5, 0.6) is 0 Å². The molecule has 16 heavy (non-hydrogen) atoms. The predicted octanol–water partition coefficient (Wildman–Crippen LogP) is 1.76. The highest BCUT2D eigenvalue weighted by atomic mass is 15.0. The van der Waals surface area contributed by atoms with E-state index in [-0.39, 0.29) is 5.41 Å². The second-order valence-corrected chi connectivity index (χ2v) is 4.65. The molecule has 0 aliphatic heterocycles. The molecule has 0 aliphatic carbocycles. The van der Waals surface area contributed by atoms with Crippen LogP contribution in [0.3, 0.4) is 0 Å². The van der Waals surface area contributed by atoms with Crippen LogP contribution in [0.15, 0.2) is 12.5 Å². The lowest BCUT2D eigenvalue weighted by Gasteiger charge is -2.16. The van der Waals surface area contributed by atoms with Crippen LogP contribution in [0, 0.1) is 0 Å². The molecule has 2 rings (SSSR count). The van der Waals surface area contributed by atoms with Crippen molar-refractivity contribution in [3.8, 4) is 0 Å². The van der Waals surface area contributed by atoms with Crippen molar-refractivity contribution in [1.29, 1.82) is 0 Å². The summed E-state index contributed by atoms with van der Waals surface area (Å²) in [6.07, 6.45) is 3.28. The Kier molecular flexibility index (Phi) is 2.46. The van der Waals surface area contributed by atoms with Crippen molar-refractivity contribution >= 4 is 16.9 Å². The zero-order chi connectivity index (χ0) is 11.8. The quantitative estimate of drug-likeness (QED) is 0.788. The maximum absolute atomic E-state index is 4.45. The first-order chi connectivity index (χ1) is 7.52. The molecule has 0 radical (unpaired) electrons. The lowest BCUT2D eigenvalue weighted by atomic mass is 9.96. The Labute approximate surface area is 94.4 Å². The molecule has 1 N–H and O–H groups in total. The fourth-order valence-electron chi connectivity index (χ4n) is 1.41. The van der Waals surface area contributed by atoms with Crippen LogP contribution in [0.1, 0.15) is 26.6 Å². The van der Waals surface area contributed by atoms with Crippen LogP contribution in [-0.4, -0.2) is 27.0 Å². The number of hydrogen-bond donors (Lipinski definition) is 1. The van der Waals surface area contributed by atoms with E-state index in [1.54, 1.807) is 6.20 Å². The minimum atomic E-state index is -0.0705. The van der Waals surface area contributed by atoms with Gasteiger partial charge in [0.25, 0.3) is 0 Å². The summed E-state index contributed by atoms with van der Waals surface area (Å²) in [7, 11) is 1.82. The number of anilines is 1. The van der Waals surface area contributed by atoms with Gasteiger partial charge in [-0.2, -0.15) is 0 Å². The monoisotopic (exact) mass is 217 g/mol. The fraction of sp³-hybridized carbons (Fsp3) is 0.455. The topological polar surface area (TPSA) is 63.6 Å². The first-order valence-electron chi connectivity index (χ1n) is 5.18. The number of nitrogens with zero attached hydrogens (tertiary/aromatic N) is 4. The Balaban J connectivity index is 2.64. The summed E-state index contributed by atoms with van der Waals surface area (Å²) < 4.78 is 0. The summed E-state index contributed by atoms with van der Waals surface area (Å²) in [6.45, 7) is 6.23. The molecule has 0 aliphatic rings. The second kappa shape index (κ2) is 3.66. The first kappa shape index (κ1) is 10.7. The highest BCUT2D eigenvalue weighted by Crippen LogP contribution is 2.21. The highest BCUT2D eigenvalue weighted by molar-refractivity contribution is 5.85. The molecule has 0 fully saturated rings. The molecule has 0 bridgehead atoms. The summed E-state index contributed by atoms with van der Waals surface area (Å²) in [5, 5.41) is 3.84. The van der Waals surface area contributed by atoms with Crippen molar-refractivity contribution in [3.63, 3.8) is 0 Å². The smallest absolute Gasteiger partial charge is 0.168 e. The average molecular weight is 217 g/mol. The highest BCUT2D eigenvalue weighted by Gasteiger charge is 2.18. The third kappa shape index (κ3) is 1.80. The second-order valence-electron chi connectivity index (χ2n) is 4.65. The van der Waals surface area contributed by atoms with E-state index in [2.05, 4.69) is 46.0 Å². The van der Waals surface area contributed by atoms with E-state index in [9.17, 15) is 0 Å². The van der Waals surface area contributed by atoms with Gasteiger partial charge in [0.1, 0.15) is 18.0 Å². The summed E-state index contributed by atoms with van der Waals surface area (Å²) >= 11 is 0. The normalized spacial score (nSPS) is 11.8. The summed E-state index contributed by atoms with van der Waals surface area (Å²) in [5.74, 6) is 1.55. The first-order valence-corrected chi connectivity index (χ1v) is 5.18. The van der Waals surface area contributed by atoms with Crippen molar-refractivity contribution in [2.24, 2.45) is 0 Å². The number of fused-ring (bicyclic) bond motifs is 1. The van der Waals surface area contributed by atoms with E-state index in [1.165, 1.54) is 6.33 Å². The van der Waals surface area contributed by atoms with E-state index >= 15 is 0 Å². The van der Waals surface area contributed by atoms with Gasteiger partial charge in [-0.25, -0.2) is 19.9 Å². The summed E-state index contributed by atoms with van der Waals surface area (Å²) in [5.41, 5.74) is 0.609. The van der Waals surface area contributed by atoms with Crippen LogP contribution in [0.25, 0.3) is 11.0 Å². The molecule has 84 valence electrons. The van der Waals surface area contributed by atoms with Crippen molar-refractivity contribution < 1.29 is 0 Å². The van der Waals surface area contributed by atoms with E-state index in [0.717, 1.165) is 17.0 Å². The maximum atomic E-state index is 4.45. The van der Waals surface area contributed by atoms with E-state index in [4.69, 9.17) is 0 Å². The minimum Gasteiger partial charge on any atom is -0.372 e. The van der Waals surface area contributed by atoms with Gasteiger partial charge >= 0.3 is 0 Å². The predicted molar refractivity (Wildman–Crippen MR) is 63.4 cm³/mol. The largest absolute Gasteiger partial charge is 0.372 e. The Morgan fingerprint density at radius 1 is 1.12 bits per heavy atom.